The Hall–Kier alpha value is -5.80. The van der Waals surface area contributed by atoms with Gasteiger partial charge in [-0.25, -0.2) is 0 Å². The summed E-state index contributed by atoms with van der Waals surface area (Å²) in [7, 11) is 0. The highest BCUT2D eigenvalue weighted by Gasteiger charge is 2.51. The first-order valence-corrected chi connectivity index (χ1v) is 15.9. The van der Waals surface area contributed by atoms with E-state index in [1.165, 1.54) is 38.9 Å². The van der Waals surface area contributed by atoms with E-state index in [2.05, 4.69) is 145 Å². The third kappa shape index (κ3) is 3.54. The van der Waals surface area contributed by atoms with Crippen molar-refractivity contribution in [2.24, 2.45) is 0 Å². The summed E-state index contributed by atoms with van der Waals surface area (Å²) in [4.78, 5) is 2.47. The molecular formula is C43H29NO2. The van der Waals surface area contributed by atoms with Gasteiger partial charge in [0, 0.05) is 38.5 Å². The standard InChI is InChI=1S/C43H29NO2/c1-43-25-24-35-33-9-3-7-13-39(33)46-41(35)42(43)44(37-11-5-4-10-36(37)43)31-21-18-28(19-22-31)27-14-16-29(17-15-27)30-20-23-34-32-8-2-6-12-38(32)45-40(34)26-30/h2-26,42H,1H3. The van der Waals surface area contributed by atoms with Gasteiger partial charge in [0.25, 0.3) is 0 Å². The maximum Gasteiger partial charge on any atom is 0.136 e. The van der Waals surface area contributed by atoms with Crippen LogP contribution in [0.2, 0.25) is 0 Å². The molecule has 6 aromatic carbocycles. The first-order valence-electron chi connectivity index (χ1n) is 15.9. The topological polar surface area (TPSA) is 29.5 Å². The second-order valence-corrected chi connectivity index (χ2v) is 12.7. The molecule has 3 nitrogen and oxygen atoms in total. The van der Waals surface area contributed by atoms with Crippen molar-refractivity contribution in [2.75, 3.05) is 4.90 Å². The average Bonchev–Trinajstić information content (AvgIpc) is 3.76. The SMILES string of the molecule is CC12C=Cc3c(oc4ccccc34)C1N(c1ccc(-c3ccc(-c4ccc5c(c4)oc4ccccc45)cc3)cc1)c1ccccc12. The summed E-state index contributed by atoms with van der Waals surface area (Å²) in [5.41, 5.74) is 12.2. The Morgan fingerprint density at radius 1 is 0.543 bits per heavy atom. The number of fused-ring (bicyclic) bond motifs is 10. The number of hydrogen-bond donors (Lipinski definition) is 0. The van der Waals surface area contributed by atoms with Crippen LogP contribution in [0.25, 0.3) is 61.2 Å². The molecule has 10 rings (SSSR count). The van der Waals surface area contributed by atoms with Crippen molar-refractivity contribution in [3.8, 4) is 22.3 Å². The van der Waals surface area contributed by atoms with Crippen LogP contribution in [0.3, 0.4) is 0 Å². The summed E-state index contributed by atoms with van der Waals surface area (Å²) in [5.74, 6) is 1.03. The van der Waals surface area contributed by atoms with Gasteiger partial charge in [0.15, 0.2) is 0 Å². The first kappa shape index (κ1) is 25.5. The van der Waals surface area contributed by atoms with E-state index in [-0.39, 0.29) is 11.5 Å². The molecule has 0 radical (unpaired) electrons. The van der Waals surface area contributed by atoms with E-state index in [1.807, 2.05) is 18.2 Å². The van der Waals surface area contributed by atoms with Crippen LogP contribution in [0.4, 0.5) is 11.4 Å². The minimum atomic E-state index is -0.211. The molecule has 1 aliphatic heterocycles. The highest BCUT2D eigenvalue weighted by Crippen LogP contribution is 2.60. The summed E-state index contributed by atoms with van der Waals surface area (Å²) >= 11 is 0. The average molecular weight is 592 g/mol. The van der Waals surface area contributed by atoms with Crippen LogP contribution < -0.4 is 4.90 Å². The lowest BCUT2D eigenvalue weighted by Gasteiger charge is -2.36. The van der Waals surface area contributed by atoms with Crippen molar-refractivity contribution in [2.45, 2.75) is 18.4 Å². The molecule has 0 bridgehead atoms. The molecule has 2 aromatic heterocycles. The van der Waals surface area contributed by atoms with Crippen LogP contribution in [0.1, 0.15) is 29.9 Å². The summed E-state index contributed by atoms with van der Waals surface area (Å²) in [6, 6.07) is 49.7. The molecule has 46 heavy (non-hydrogen) atoms. The van der Waals surface area contributed by atoms with E-state index in [0.717, 1.165) is 44.5 Å². The maximum absolute atomic E-state index is 6.63. The summed E-state index contributed by atoms with van der Waals surface area (Å²) < 4.78 is 12.8. The van der Waals surface area contributed by atoms with Crippen LogP contribution in [-0.4, -0.2) is 0 Å². The molecule has 2 unspecified atom stereocenters. The zero-order chi connectivity index (χ0) is 30.4. The van der Waals surface area contributed by atoms with Crippen molar-refractivity contribution < 1.29 is 8.83 Å². The Balaban J connectivity index is 1.00. The molecule has 0 amide bonds. The first-order chi connectivity index (χ1) is 22.7. The number of benzene rings is 6. The molecule has 2 atom stereocenters. The summed E-state index contributed by atoms with van der Waals surface area (Å²) in [6.07, 6.45) is 4.64. The quantitative estimate of drug-likeness (QED) is 0.205. The van der Waals surface area contributed by atoms with Gasteiger partial charge in [0.05, 0.1) is 0 Å². The highest BCUT2D eigenvalue weighted by molar-refractivity contribution is 6.05. The number of anilines is 2. The van der Waals surface area contributed by atoms with Crippen LogP contribution in [0.5, 0.6) is 0 Å². The predicted octanol–water partition coefficient (Wildman–Crippen LogP) is 11.8. The van der Waals surface area contributed by atoms with Crippen molar-refractivity contribution in [1.82, 2.24) is 0 Å². The maximum atomic E-state index is 6.63. The van der Waals surface area contributed by atoms with E-state index in [9.17, 15) is 0 Å². The molecule has 0 saturated carbocycles. The molecule has 3 heterocycles. The predicted molar refractivity (Wildman–Crippen MR) is 189 cm³/mol. The number of furan rings is 2. The third-order valence-electron chi connectivity index (χ3n) is 10.2. The Morgan fingerprint density at radius 3 is 1.91 bits per heavy atom. The molecule has 8 aromatic rings. The van der Waals surface area contributed by atoms with Gasteiger partial charge in [0.1, 0.15) is 28.6 Å². The third-order valence-corrected chi connectivity index (χ3v) is 10.2. The van der Waals surface area contributed by atoms with Gasteiger partial charge >= 0.3 is 0 Å². The molecule has 3 heteroatoms. The lowest BCUT2D eigenvalue weighted by Crippen LogP contribution is -2.33. The van der Waals surface area contributed by atoms with Crippen molar-refractivity contribution in [3.63, 3.8) is 0 Å². The fourth-order valence-corrected chi connectivity index (χ4v) is 7.84. The molecule has 1 aliphatic carbocycles. The lowest BCUT2D eigenvalue weighted by atomic mass is 9.73. The number of nitrogens with zero attached hydrogens (tertiary/aromatic N) is 1. The van der Waals surface area contributed by atoms with Crippen molar-refractivity contribution in [3.05, 3.63) is 162 Å². The Kier molecular flexibility index (Phi) is 5.19. The van der Waals surface area contributed by atoms with Crippen LogP contribution in [0.15, 0.2) is 154 Å². The van der Waals surface area contributed by atoms with Gasteiger partial charge < -0.3 is 13.7 Å². The van der Waals surface area contributed by atoms with Crippen LogP contribution in [-0.2, 0) is 5.41 Å². The van der Waals surface area contributed by atoms with E-state index >= 15 is 0 Å². The Labute approximate surface area is 266 Å². The fourth-order valence-electron chi connectivity index (χ4n) is 7.84. The van der Waals surface area contributed by atoms with Crippen LogP contribution in [0, 0.1) is 0 Å². The van der Waals surface area contributed by atoms with Gasteiger partial charge in [-0.1, -0.05) is 109 Å². The number of para-hydroxylation sites is 3. The monoisotopic (exact) mass is 591 g/mol. The van der Waals surface area contributed by atoms with Gasteiger partial charge in [-0.15, -0.1) is 0 Å². The van der Waals surface area contributed by atoms with Gasteiger partial charge in [-0.05, 0) is 77.2 Å². The van der Waals surface area contributed by atoms with E-state index in [4.69, 9.17) is 8.83 Å². The van der Waals surface area contributed by atoms with Gasteiger partial charge in [0.2, 0.25) is 0 Å². The number of rotatable bonds is 3. The normalized spacial score (nSPS) is 18.3. The zero-order valence-corrected chi connectivity index (χ0v) is 25.3. The molecule has 0 fully saturated rings. The second kappa shape index (κ2) is 9.35. The van der Waals surface area contributed by atoms with Crippen LogP contribution >= 0.6 is 0 Å². The molecule has 2 aliphatic rings. The Morgan fingerprint density at radius 2 is 1.13 bits per heavy atom. The smallest absolute Gasteiger partial charge is 0.136 e. The van der Waals surface area contributed by atoms with E-state index < -0.39 is 0 Å². The van der Waals surface area contributed by atoms with Gasteiger partial charge in [-0.2, -0.15) is 0 Å². The minimum Gasteiger partial charge on any atom is -0.458 e. The van der Waals surface area contributed by atoms with Crippen molar-refractivity contribution in [1.29, 1.82) is 0 Å². The number of hydrogen-bond acceptors (Lipinski definition) is 3. The minimum absolute atomic E-state index is 0.0199. The lowest BCUT2D eigenvalue weighted by molar-refractivity contribution is 0.409. The largest absolute Gasteiger partial charge is 0.458 e. The molecule has 0 N–H and O–H groups in total. The summed E-state index contributed by atoms with van der Waals surface area (Å²) in [5, 5.41) is 3.48. The molecule has 218 valence electrons. The zero-order valence-electron chi connectivity index (χ0n) is 25.3. The second-order valence-electron chi connectivity index (χ2n) is 12.7. The molecule has 0 saturated heterocycles. The Bertz CT molecular complexity index is 2500. The van der Waals surface area contributed by atoms with Gasteiger partial charge in [-0.3, -0.25) is 0 Å². The van der Waals surface area contributed by atoms with Crippen molar-refractivity contribution >= 4 is 50.4 Å². The molecular weight excluding hydrogens is 562 g/mol. The molecule has 0 spiro atoms. The summed E-state index contributed by atoms with van der Waals surface area (Å²) in [6.45, 7) is 2.34. The highest BCUT2D eigenvalue weighted by atomic mass is 16.3. The fraction of sp³-hybridized carbons (Fsp3) is 0.0698. The van der Waals surface area contributed by atoms with E-state index in [0.29, 0.717) is 0 Å². The van der Waals surface area contributed by atoms with E-state index in [1.54, 1.807) is 0 Å².